The van der Waals surface area contributed by atoms with Crippen molar-refractivity contribution in [3.8, 4) is 17.3 Å². The number of nitrogens with zero attached hydrogens (tertiary/aromatic N) is 2. The van der Waals surface area contributed by atoms with Crippen molar-refractivity contribution in [1.82, 2.24) is 9.55 Å². The number of methoxy groups -OCH3 is 1. The molecule has 0 saturated heterocycles. The summed E-state index contributed by atoms with van der Waals surface area (Å²) in [5, 5.41) is 12.2. The van der Waals surface area contributed by atoms with Crippen LogP contribution in [0.3, 0.4) is 0 Å². The molecule has 4 aromatic rings. The fourth-order valence-electron chi connectivity index (χ4n) is 2.49. The van der Waals surface area contributed by atoms with E-state index in [-0.39, 0.29) is 5.88 Å². The zero-order valence-corrected chi connectivity index (χ0v) is 12.1. The third kappa shape index (κ3) is 1.86. The van der Waals surface area contributed by atoms with Crippen LogP contribution < -0.4 is 4.74 Å². The van der Waals surface area contributed by atoms with Gasteiger partial charge in [-0.25, -0.2) is 4.98 Å². The van der Waals surface area contributed by atoms with Gasteiger partial charge in [0.1, 0.15) is 5.75 Å². The van der Waals surface area contributed by atoms with Crippen molar-refractivity contribution in [2.45, 2.75) is 0 Å². The first-order chi connectivity index (χ1) is 10.3. The van der Waals surface area contributed by atoms with E-state index in [4.69, 9.17) is 4.74 Å². The first-order valence-electron chi connectivity index (χ1n) is 6.48. The zero-order chi connectivity index (χ0) is 14.4. The molecule has 0 spiro atoms. The fraction of sp³-hybridized carbons (Fsp3) is 0.0625. The maximum Gasteiger partial charge on any atom is 0.203 e. The lowest BCUT2D eigenvalue weighted by atomic mass is 10.2. The van der Waals surface area contributed by atoms with E-state index in [1.807, 2.05) is 48.1 Å². The standard InChI is InChI=1S/C16H12N2O2S/c1-20-12-4-2-10-8-18(16(19)13(10)7-12)11-3-5-15-14(6-11)17-9-21-15/h2-9,19H,1H3. The van der Waals surface area contributed by atoms with Crippen molar-refractivity contribution >= 4 is 32.3 Å². The molecule has 0 atom stereocenters. The summed E-state index contributed by atoms with van der Waals surface area (Å²) in [7, 11) is 1.62. The van der Waals surface area contributed by atoms with Gasteiger partial charge < -0.3 is 9.84 Å². The molecule has 2 aromatic heterocycles. The minimum absolute atomic E-state index is 0.207. The maximum absolute atomic E-state index is 10.5. The van der Waals surface area contributed by atoms with Gasteiger partial charge in [0, 0.05) is 17.0 Å². The average Bonchev–Trinajstić information content (AvgIpc) is 3.11. The van der Waals surface area contributed by atoms with Crippen molar-refractivity contribution in [2.75, 3.05) is 7.11 Å². The zero-order valence-electron chi connectivity index (χ0n) is 11.3. The predicted molar refractivity (Wildman–Crippen MR) is 84.7 cm³/mol. The van der Waals surface area contributed by atoms with Crippen molar-refractivity contribution in [2.24, 2.45) is 0 Å². The van der Waals surface area contributed by atoms with Crippen LogP contribution in [0.4, 0.5) is 0 Å². The van der Waals surface area contributed by atoms with E-state index in [1.54, 1.807) is 23.0 Å². The molecule has 0 amide bonds. The number of aromatic nitrogens is 2. The van der Waals surface area contributed by atoms with Crippen LogP contribution in [-0.4, -0.2) is 21.8 Å². The van der Waals surface area contributed by atoms with Crippen LogP contribution in [0.2, 0.25) is 0 Å². The van der Waals surface area contributed by atoms with Crippen molar-refractivity contribution in [1.29, 1.82) is 0 Å². The molecule has 5 heteroatoms. The first kappa shape index (κ1) is 12.2. The van der Waals surface area contributed by atoms with Gasteiger partial charge in [0.05, 0.1) is 28.5 Å². The molecule has 0 fully saturated rings. The lowest BCUT2D eigenvalue weighted by molar-refractivity contribution is 0.414. The summed E-state index contributed by atoms with van der Waals surface area (Å²) in [4.78, 5) is 4.32. The highest BCUT2D eigenvalue weighted by atomic mass is 32.1. The molecule has 0 aliphatic heterocycles. The fourth-order valence-corrected chi connectivity index (χ4v) is 3.15. The Labute approximate surface area is 124 Å². The number of thiazole rings is 1. The number of hydrogen-bond donors (Lipinski definition) is 1. The summed E-state index contributed by atoms with van der Waals surface area (Å²) >= 11 is 1.61. The average molecular weight is 296 g/mol. The number of benzene rings is 2. The summed E-state index contributed by atoms with van der Waals surface area (Å²) in [6.45, 7) is 0. The third-order valence-electron chi connectivity index (χ3n) is 3.59. The topological polar surface area (TPSA) is 47.3 Å². The third-order valence-corrected chi connectivity index (χ3v) is 4.40. The molecule has 0 aliphatic carbocycles. The van der Waals surface area contributed by atoms with Gasteiger partial charge in [0.25, 0.3) is 0 Å². The predicted octanol–water partition coefficient (Wildman–Crippen LogP) is 3.95. The molecule has 0 bridgehead atoms. The highest BCUT2D eigenvalue weighted by Crippen LogP contribution is 2.33. The van der Waals surface area contributed by atoms with Crippen LogP contribution in [0.15, 0.2) is 48.1 Å². The van der Waals surface area contributed by atoms with Gasteiger partial charge in [0.15, 0.2) is 0 Å². The summed E-state index contributed by atoms with van der Waals surface area (Å²) in [6, 6.07) is 11.6. The van der Waals surface area contributed by atoms with Gasteiger partial charge in [0.2, 0.25) is 5.88 Å². The molecule has 1 N–H and O–H groups in total. The lowest BCUT2D eigenvalue weighted by Gasteiger charge is -2.04. The van der Waals surface area contributed by atoms with Crippen LogP contribution in [0.5, 0.6) is 11.6 Å². The van der Waals surface area contributed by atoms with Crippen LogP contribution >= 0.6 is 11.3 Å². The van der Waals surface area contributed by atoms with Gasteiger partial charge in [-0.1, -0.05) is 0 Å². The molecule has 104 valence electrons. The Morgan fingerprint density at radius 3 is 2.95 bits per heavy atom. The lowest BCUT2D eigenvalue weighted by Crippen LogP contribution is -1.90. The smallest absolute Gasteiger partial charge is 0.203 e. The van der Waals surface area contributed by atoms with Gasteiger partial charge >= 0.3 is 0 Å². The molecule has 0 radical (unpaired) electrons. The van der Waals surface area contributed by atoms with E-state index >= 15 is 0 Å². The SMILES string of the molecule is COc1ccc2cn(-c3ccc4scnc4c3)c(O)c2c1. The van der Waals surface area contributed by atoms with Crippen molar-refractivity contribution in [3.05, 3.63) is 48.1 Å². The van der Waals surface area contributed by atoms with E-state index in [2.05, 4.69) is 4.98 Å². The normalized spacial score (nSPS) is 11.3. The Balaban J connectivity index is 1.94. The summed E-state index contributed by atoms with van der Waals surface area (Å²) in [5.74, 6) is 0.934. The van der Waals surface area contributed by atoms with Crippen LogP contribution in [0, 0.1) is 0 Å². The summed E-state index contributed by atoms with van der Waals surface area (Å²) in [6.07, 6.45) is 1.91. The molecule has 0 unspecified atom stereocenters. The second-order valence-electron chi connectivity index (χ2n) is 4.78. The van der Waals surface area contributed by atoms with Gasteiger partial charge in [-0.2, -0.15) is 0 Å². The van der Waals surface area contributed by atoms with Crippen LogP contribution in [-0.2, 0) is 0 Å². The van der Waals surface area contributed by atoms with E-state index < -0.39 is 0 Å². The highest BCUT2D eigenvalue weighted by Gasteiger charge is 2.11. The number of ether oxygens (including phenoxy) is 1. The molecule has 0 aliphatic rings. The minimum atomic E-state index is 0.207. The summed E-state index contributed by atoms with van der Waals surface area (Å²) < 4.78 is 8.11. The minimum Gasteiger partial charge on any atom is -0.497 e. The molecule has 0 saturated carbocycles. The van der Waals surface area contributed by atoms with E-state index in [0.717, 1.165) is 32.4 Å². The Morgan fingerprint density at radius 2 is 2.10 bits per heavy atom. The Hall–Kier alpha value is -2.53. The Bertz CT molecular complexity index is 955. The Kier molecular flexibility index (Phi) is 2.62. The number of fused-ring (bicyclic) bond motifs is 2. The molecular weight excluding hydrogens is 284 g/mol. The molecule has 2 heterocycles. The van der Waals surface area contributed by atoms with Crippen LogP contribution in [0.1, 0.15) is 0 Å². The van der Waals surface area contributed by atoms with Gasteiger partial charge in [-0.15, -0.1) is 11.3 Å². The molecule has 4 rings (SSSR count). The summed E-state index contributed by atoms with van der Waals surface area (Å²) in [5.41, 5.74) is 3.65. The maximum atomic E-state index is 10.5. The second-order valence-corrected chi connectivity index (χ2v) is 5.67. The molecular formula is C16H12N2O2S. The molecule has 4 nitrogen and oxygen atoms in total. The van der Waals surface area contributed by atoms with Crippen molar-refractivity contribution in [3.63, 3.8) is 0 Å². The Morgan fingerprint density at radius 1 is 1.19 bits per heavy atom. The number of aromatic hydroxyl groups is 1. The van der Waals surface area contributed by atoms with Crippen LogP contribution in [0.25, 0.3) is 26.7 Å². The first-order valence-corrected chi connectivity index (χ1v) is 7.36. The molecule has 21 heavy (non-hydrogen) atoms. The largest absolute Gasteiger partial charge is 0.497 e. The number of rotatable bonds is 2. The van der Waals surface area contributed by atoms with E-state index in [9.17, 15) is 5.11 Å². The quantitative estimate of drug-likeness (QED) is 0.609. The van der Waals surface area contributed by atoms with Crippen molar-refractivity contribution < 1.29 is 9.84 Å². The second kappa shape index (κ2) is 4.49. The van der Waals surface area contributed by atoms with E-state index in [1.165, 1.54) is 0 Å². The van der Waals surface area contributed by atoms with E-state index in [0.29, 0.717) is 0 Å². The highest BCUT2D eigenvalue weighted by molar-refractivity contribution is 7.16. The monoisotopic (exact) mass is 296 g/mol. The number of hydrogen-bond acceptors (Lipinski definition) is 4. The van der Waals surface area contributed by atoms with Gasteiger partial charge in [-0.05, 0) is 36.4 Å². The van der Waals surface area contributed by atoms with Gasteiger partial charge in [-0.3, -0.25) is 4.57 Å². The molecule has 2 aromatic carbocycles.